The normalized spacial score (nSPS) is 10.8. The molecular weight excluding hydrogens is 324 g/mol. The first kappa shape index (κ1) is 16.5. The topological polar surface area (TPSA) is 32.3 Å². The van der Waals surface area contributed by atoms with E-state index in [-0.39, 0.29) is 5.91 Å². The average Bonchev–Trinajstić information content (AvgIpc) is 2.40. The first-order valence-electron chi connectivity index (χ1n) is 6.57. The number of thiol groups is 1. The van der Waals surface area contributed by atoms with E-state index in [1.54, 1.807) is 6.07 Å². The Morgan fingerprint density at radius 1 is 1.37 bits per heavy atom. The van der Waals surface area contributed by atoms with Crippen molar-refractivity contribution in [3.8, 4) is 0 Å². The van der Waals surface area contributed by atoms with E-state index in [0.29, 0.717) is 12.1 Å². The standard InChI is InChI=1S/C14H21BrN2OS/c1-3-8-17(4-2)9-7-16-14(18)12-10-11(19)5-6-13(12)15/h5-6,10,19H,3-4,7-9H2,1-2H3,(H,16,18). The van der Waals surface area contributed by atoms with E-state index in [4.69, 9.17) is 0 Å². The van der Waals surface area contributed by atoms with E-state index in [9.17, 15) is 4.79 Å². The first-order chi connectivity index (χ1) is 9.08. The number of nitrogens with one attached hydrogen (secondary N) is 1. The molecule has 0 aromatic heterocycles. The molecule has 0 unspecified atom stereocenters. The van der Waals surface area contributed by atoms with Crippen molar-refractivity contribution in [2.45, 2.75) is 25.2 Å². The van der Waals surface area contributed by atoms with Gasteiger partial charge in [0.05, 0.1) is 5.56 Å². The maximum Gasteiger partial charge on any atom is 0.252 e. The Bertz CT molecular complexity index is 426. The van der Waals surface area contributed by atoms with Gasteiger partial charge in [-0.15, -0.1) is 12.6 Å². The summed E-state index contributed by atoms with van der Waals surface area (Å²) in [6, 6.07) is 5.46. The quantitative estimate of drug-likeness (QED) is 0.744. The molecule has 0 aliphatic heterocycles. The van der Waals surface area contributed by atoms with E-state index in [0.717, 1.165) is 35.4 Å². The van der Waals surface area contributed by atoms with Gasteiger partial charge in [0.25, 0.3) is 5.91 Å². The van der Waals surface area contributed by atoms with Crippen molar-refractivity contribution in [3.05, 3.63) is 28.2 Å². The molecule has 0 atom stereocenters. The molecule has 0 aliphatic rings. The summed E-state index contributed by atoms with van der Waals surface area (Å²) < 4.78 is 0.795. The lowest BCUT2D eigenvalue weighted by Crippen LogP contribution is -2.35. The molecule has 1 N–H and O–H groups in total. The van der Waals surface area contributed by atoms with Gasteiger partial charge in [-0.3, -0.25) is 4.79 Å². The van der Waals surface area contributed by atoms with Crippen LogP contribution in [0.5, 0.6) is 0 Å². The van der Waals surface area contributed by atoms with Crippen molar-refractivity contribution < 1.29 is 4.79 Å². The van der Waals surface area contributed by atoms with Crippen LogP contribution in [-0.2, 0) is 0 Å². The zero-order chi connectivity index (χ0) is 14.3. The van der Waals surface area contributed by atoms with E-state index in [1.165, 1.54) is 0 Å². The van der Waals surface area contributed by atoms with Gasteiger partial charge in [0.1, 0.15) is 0 Å². The highest BCUT2D eigenvalue weighted by atomic mass is 79.9. The summed E-state index contributed by atoms with van der Waals surface area (Å²) in [5, 5.41) is 2.95. The lowest BCUT2D eigenvalue weighted by Gasteiger charge is -2.19. The number of carbonyl (C=O) groups excluding carboxylic acids is 1. The minimum absolute atomic E-state index is 0.0599. The number of halogens is 1. The molecule has 0 heterocycles. The molecule has 0 spiro atoms. The van der Waals surface area contributed by atoms with Crippen LogP contribution in [-0.4, -0.2) is 37.0 Å². The van der Waals surface area contributed by atoms with Gasteiger partial charge in [-0.2, -0.15) is 0 Å². The lowest BCUT2D eigenvalue weighted by atomic mass is 10.2. The molecule has 1 aromatic rings. The highest BCUT2D eigenvalue weighted by Gasteiger charge is 2.10. The van der Waals surface area contributed by atoms with Crippen molar-refractivity contribution >= 4 is 34.5 Å². The molecule has 0 aliphatic carbocycles. The van der Waals surface area contributed by atoms with Crippen LogP contribution in [0, 0.1) is 0 Å². The lowest BCUT2D eigenvalue weighted by molar-refractivity contribution is 0.0947. The number of hydrogen-bond donors (Lipinski definition) is 2. The molecule has 106 valence electrons. The van der Waals surface area contributed by atoms with Gasteiger partial charge in [-0.05, 0) is 53.6 Å². The highest BCUT2D eigenvalue weighted by molar-refractivity contribution is 9.10. The fraction of sp³-hybridized carbons (Fsp3) is 0.500. The van der Waals surface area contributed by atoms with Gasteiger partial charge < -0.3 is 10.2 Å². The van der Waals surface area contributed by atoms with Gasteiger partial charge in [0, 0.05) is 22.5 Å². The zero-order valence-corrected chi connectivity index (χ0v) is 13.9. The van der Waals surface area contributed by atoms with Crippen LogP contribution in [0.4, 0.5) is 0 Å². The Balaban J connectivity index is 2.49. The molecular formula is C14H21BrN2OS. The Morgan fingerprint density at radius 3 is 2.74 bits per heavy atom. The summed E-state index contributed by atoms with van der Waals surface area (Å²) in [6.07, 6.45) is 1.13. The van der Waals surface area contributed by atoms with Crippen LogP contribution in [0.1, 0.15) is 30.6 Å². The van der Waals surface area contributed by atoms with Gasteiger partial charge >= 0.3 is 0 Å². The zero-order valence-electron chi connectivity index (χ0n) is 11.4. The van der Waals surface area contributed by atoms with E-state index < -0.39 is 0 Å². The van der Waals surface area contributed by atoms with E-state index >= 15 is 0 Å². The molecule has 1 aromatic carbocycles. The Kier molecular flexibility index (Phi) is 7.49. The molecule has 0 saturated carbocycles. The van der Waals surface area contributed by atoms with E-state index in [1.807, 2.05) is 12.1 Å². The summed E-state index contributed by atoms with van der Waals surface area (Å²) >= 11 is 7.64. The highest BCUT2D eigenvalue weighted by Crippen LogP contribution is 2.19. The summed E-state index contributed by atoms with van der Waals surface area (Å²) in [6.45, 7) is 7.93. The first-order valence-corrected chi connectivity index (χ1v) is 7.81. The molecule has 0 saturated heterocycles. The van der Waals surface area contributed by atoms with Crippen molar-refractivity contribution in [2.24, 2.45) is 0 Å². The van der Waals surface area contributed by atoms with Gasteiger partial charge in [0.15, 0.2) is 0 Å². The number of carbonyl (C=O) groups is 1. The Labute approximate surface area is 129 Å². The fourth-order valence-electron chi connectivity index (χ4n) is 1.85. The van der Waals surface area contributed by atoms with Gasteiger partial charge in [-0.1, -0.05) is 13.8 Å². The molecule has 1 amide bonds. The minimum Gasteiger partial charge on any atom is -0.351 e. The van der Waals surface area contributed by atoms with Gasteiger partial charge in [0.2, 0.25) is 0 Å². The Morgan fingerprint density at radius 2 is 2.11 bits per heavy atom. The minimum atomic E-state index is -0.0599. The number of nitrogens with zero attached hydrogens (tertiary/aromatic N) is 1. The SMILES string of the molecule is CCCN(CC)CCNC(=O)c1cc(S)ccc1Br. The monoisotopic (exact) mass is 344 g/mol. The Hall–Kier alpha value is -0.520. The second-order valence-electron chi connectivity index (χ2n) is 4.35. The van der Waals surface area contributed by atoms with Crippen LogP contribution >= 0.6 is 28.6 Å². The fourth-order valence-corrected chi connectivity index (χ4v) is 2.48. The molecule has 0 radical (unpaired) electrons. The molecule has 1 rings (SSSR count). The largest absolute Gasteiger partial charge is 0.351 e. The second kappa shape index (κ2) is 8.61. The molecule has 5 heteroatoms. The van der Waals surface area contributed by atoms with Crippen LogP contribution < -0.4 is 5.32 Å². The third kappa shape index (κ3) is 5.55. The van der Waals surface area contributed by atoms with Crippen LogP contribution in [0.15, 0.2) is 27.6 Å². The van der Waals surface area contributed by atoms with Crippen molar-refractivity contribution in [1.82, 2.24) is 10.2 Å². The number of hydrogen-bond acceptors (Lipinski definition) is 3. The predicted octanol–water partition coefficient (Wildman–Crippen LogP) is 3.20. The summed E-state index contributed by atoms with van der Waals surface area (Å²) in [7, 11) is 0. The molecule has 0 fully saturated rings. The van der Waals surface area contributed by atoms with E-state index in [2.05, 4.69) is 52.6 Å². The average molecular weight is 345 g/mol. The molecule has 0 bridgehead atoms. The predicted molar refractivity (Wildman–Crippen MR) is 86.1 cm³/mol. The number of rotatable bonds is 7. The summed E-state index contributed by atoms with van der Waals surface area (Å²) in [5.41, 5.74) is 0.631. The van der Waals surface area contributed by atoms with Gasteiger partial charge in [-0.25, -0.2) is 0 Å². The maximum absolute atomic E-state index is 12.1. The third-order valence-electron chi connectivity index (χ3n) is 2.90. The van der Waals surface area contributed by atoms with Crippen molar-refractivity contribution in [1.29, 1.82) is 0 Å². The number of benzene rings is 1. The van der Waals surface area contributed by atoms with Crippen LogP contribution in [0.3, 0.4) is 0 Å². The number of likely N-dealkylation sites (N-methyl/N-ethyl adjacent to an activating group) is 1. The maximum atomic E-state index is 12.1. The smallest absolute Gasteiger partial charge is 0.252 e. The summed E-state index contributed by atoms with van der Waals surface area (Å²) in [4.78, 5) is 15.2. The van der Waals surface area contributed by atoms with Crippen molar-refractivity contribution in [3.63, 3.8) is 0 Å². The third-order valence-corrected chi connectivity index (χ3v) is 3.86. The summed E-state index contributed by atoms with van der Waals surface area (Å²) in [5.74, 6) is -0.0599. The van der Waals surface area contributed by atoms with Crippen LogP contribution in [0.25, 0.3) is 0 Å². The van der Waals surface area contributed by atoms with Crippen molar-refractivity contribution in [2.75, 3.05) is 26.2 Å². The molecule has 19 heavy (non-hydrogen) atoms. The van der Waals surface area contributed by atoms with Crippen LogP contribution in [0.2, 0.25) is 0 Å². The molecule has 3 nitrogen and oxygen atoms in total. The second-order valence-corrected chi connectivity index (χ2v) is 5.73. The number of amides is 1.